The highest BCUT2D eigenvalue weighted by molar-refractivity contribution is 6.01. The van der Waals surface area contributed by atoms with Crippen molar-refractivity contribution >= 4 is 23.8 Å². The minimum absolute atomic E-state index is 0.269. The standard InChI is InChI=1S/C18H24N2O6/c1-17(2,15(23)25-5)19-13(21)11-7-9-12(10-8-11)14(22)20-18(3,4)16(24)26-6/h7-10H,1-6H3,(H,19,21)(H,20,22). The van der Waals surface area contributed by atoms with E-state index in [-0.39, 0.29) is 11.1 Å². The Morgan fingerprint density at radius 1 is 0.692 bits per heavy atom. The summed E-state index contributed by atoms with van der Waals surface area (Å²) in [5.41, 5.74) is -1.84. The Bertz CT molecular complexity index is 646. The number of nitrogens with one attached hydrogen (secondary N) is 2. The van der Waals surface area contributed by atoms with Gasteiger partial charge in [-0.05, 0) is 52.0 Å². The minimum atomic E-state index is -1.19. The molecule has 0 heterocycles. The maximum atomic E-state index is 12.2. The monoisotopic (exact) mass is 364 g/mol. The molecule has 1 rings (SSSR count). The van der Waals surface area contributed by atoms with E-state index in [1.54, 1.807) is 0 Å². The van der Waals surface area contributed by atoms with Gasteiger partial charge in [0.05, 0.1) is 14.2 Å². The lowest BCUT2D eigenvalue weighted by Gasteiger charge is -2.23. The van der Waals surface area contributed by atoms with Crippen LogP contribution < -0.4 is 10.6 Å². The van der Waals surface area contributed by atoms with Gasteiger partial charge in [0.2, 0.25) is 0 Å². The Morgan fingerprint density at radius 2 is 0.962 bits per heavy atom. The van der Waals surface area contributed by atoms with Gasteiger partial charge in [0.25, 0.3) is 11.8 Å². The van der Waals surface area contributed by atoms with E-state index in [2.05, 4.69) is 20.1 Å². The zero-order chi connectivity index (χ0) is 20.1. The van der Waals surface area contributed by atoms with Crippen LogP contribution in [-0.4, -0.2) is 49.1 Å². The Kier molecular flexibility index (Phi) is 6.49. The largest absolute Gasteiger partial charge is 0.467 e. The van der Waals surface area contributed by atoms with E-state index in [0.29, 0.717) is 0 Å². The summed E-state index contributed by atoms with van der Waals surface area (Å²) in [7, 11) is 2.47. The fraction of sp³-hybridized carbons (Fsp3) is 0.444. The Hall–Kier alpha value is -2.90. The Balaban J connectivity index is 2.85. The van der Waals surface area contributed by atoms with Crippen LogP contribution in [0.2, 0.25) is 0 Å². The van der Waals surface area contributed by atoms with E-state index in [9.17, 15) is 19.2 Å². The third kappa shape index (κ3) is 5.05. The topological polar surface area (TPSA) is 111 Å². The van der Waals surface area contributed by atoms with Gasteiger partial charge in [-0.1, -0.05) is 0 Å². The number of hydrogen-bond acceptors (Lipinski definition) is 6. The molecule has 1 aromatic carbocycles. The van der Waals surface area contributed by atoms with Crippen molar-refractivity contribution in [2.75, 3.05) is 14.2 Å². The molecule has 0 aromatic heterocycles. The zero-order valence-electron chi connectivity index (χ0n) is 15.8. The number of esters is 2. The third-order valence-corrected chi connectivity index (χ3v) is 3.65. The van der Waals surface area contributed by atoms with E-state index in [0.717, 1.165) is 0 Å². The second-order valence-corrected chi connectivity index (χ2v) is 6.72. The summed E-state index contributed by atoms with van der Waals surface area (Å²) in [5, 5.41) is 5.12. The molecule has 0 spiro atoms. The van der Waals surface area contributed by atoms with Crippen LogP contribution in [0.1, 0.15) is 48.4 Å². The Morgan fingerprint density at radius 3 is 1.19 bits per heavy atom. The maximum Gasteiger partial charge on any atom is 0.330 e. The first kappa shape index (κ1) is 21.1. The summed E-state index contributed by atoms with van der Waals surface area (Å²) < 4.78 is 9.27. The fourth-order valence-electron chi connectivity index (χ4n) is 2.10. The SMILES string of the molecule is COC(=O)C(C)(C)NC(=O)c1ccc(C(=O)NC(C)(C)C(=O)OC)cc1. The van der Waals surface area contributed by atoms with Crippen LogP contribution in [0.25, 0.3) is 0 Å². The van der Waals surface area contributed by atoms with Gasteiger partial charge in [0.15, 0.2) is 0 Å². The van der Waals surface area contributed by atoms with E-state index >= 15 is 0 Å². The van der Waals surface area contributed by atoms with Crippen LogP contribution in [0, 0.1) is 0 Å². The van der Waals surface area contributed by atoms with E-state index in [1.165, 1.54) is 66.2 Å². The molecule has 2 N–H and O–H groups in total. The van der Waals surface area contributed by atoms with Gasteiger partial charge in [0, 0.05) is 11.1 Å². The van der Waals surface area contributed by atoms with Gasteiger partial charge in [-0.25, -0.2) is 9.59 Å². The quantitative estimate of drug-likeness (QED) is 0.730. The molecule has 0 aliphatic heterocycles. The van der Waals surface area contributed by atoms with E-state index in [1.807, 2.05) is 0 Å². The number of carbonyl (C=O) groups is 4. The number of hydrogen-bond donors (Lipinski definition) is 2. The molecule has 0 saturated heterocycles. The summed E-state index contributed by atoms with van der Waals surface area (Å²) in [6.45, 7) is 6.09. The first-order chi connectivity index (χ1) is 11.9. The molecule has 0 saturated carbocycles. The van der Waals surface area contributed by atoms with E-state index in [4.69, 9.17) is 0 Å². The minimum Gasteiger partial charge on any atom is -0.467 e. The first-order valence-corrected chi connectivity index (χ1v) is 7.86. The van der Waals surface area contributed by atoms with Crippen molar-refractivity contribution < 1.29 is 28.7 Å². The van der Waals surface area contributed by atoms with Crippen molar-refractivity contribution in [3.05, 3.63) is 35.4 Å². The van der Waals surface area contributed by atoms with Crippen molar-refractivity contribution in [1.29, 1.82) is 0 Å². The Labute approximate surface area is 152 Å². The molecule has 1 aromatic rings. The van der Waals surface area contributed by atoms with Gasteiger partial charge in [-0.3, -0.25) is 9.59 Å². The highest BCUT2D eigenvalue weighted by Gasteiger charge is 2.32. The second kappa shape index (κ2) is 7.99. The summed E-state index contributed by atoms with van der Waals surface area (Å²) in [5.74, 6) is -2.12. The van der Waals surface area contributed by atoms with Crippen molar-refractivity contribution in [3.8, 4) is 0 Å². The van der Waals surface area contributed by atoms with Gasteiger partial charge in [0.1, 0.15) is 11.1 Å². The molecule has 0 atom stereocenters. The summed E-state index contributed by atoms with van der Waals surface area (Å²) in [6, 6.07) is 5.79. The predicted molar refractivity (Wildman–Crippen MR) is 93.6 cm³/mol. The summed E-state index contributed by atoms with van der Waals surface area (Å²) in [6.07, 6.45) is 0. The summed E-state index contributed by atoms with van der Waals surface area (Å²) >= 11 is 0. The lowest BCUT2D eigenvalue weighted by molar-refractivity contribution is -0.147. The van der Waals surface area contributed by atoms with Crippen LogP contribution in [0.4, 0.5) is 0 Å². The molecule has 0 aliphatic carbocycles. The zero-order valence-corrected chi connectivity index (χ0v) is 15.8. The number of benzene rings is 1. The first-order valence-electron chi connectivity index (χ1n) is 7.86. The van der Waals surface area contributed by atoms with Gasteiger partial charge in [-0.2, -0.15) is 0 Å². The fourth-order valence-corrected chi connectivity index (χ4v) is 2.10. The van der Waals surface area contributed by atoms with Gasteiger partial charge >= 0.3 is 11.9 Å². The summed E-state index contributed by atoms with van der Waals surface area (Å²) in [4.78, 5) is 47.7. The third-order valence-electron chi connectivity index (χ3n) is 3.65. The maximum absolute atomic E-state index is 12.2. The highest BCUT2D eigenvalue weighted by atomic mass is 16.5. The second-order valence-electron chi connectivity index (χ2n) is 6.72. The molecule has 8 heteroatoms. The molecule has 142 valence electrons. The van der Waals surface area contributed by atoms with Crippen molar-refractivity contribution in [3.63, 3.8) is 0 Å². The van der Waals surface area contributed by atoms with E-state index < -0.39 is 34.8 Å². The van der Waals surface area contributed by atoms with Crippen molar-refractivity contribution in [2.45, 2.75) is 38.8 Å². The van der Waals surface area contributed by atoms with Gasteiger partial charge in [-0.15, -0.1) is 0 Å². The lowest BCUT2D eigenvalue weighted by Crippen LogP contribution is -2.50. The van der Waals surface area contributed by atoms with Crippen LogP contribution in [0.15, 0.2) is 24.3 Å². The molecule has 0 bridgehead atoms. The van der Waals surface area contributed by atoms with Crippen LogP contribution in [-0.2, 0) is 19.1 Å². The molecule has 2 amide bonds. The number of rotatable bonds is 6. The van der Waals surface area contributed by atoms with Crippen LogP contribution in [0.5, 0.6) is 0 Å². The smallest absolute Gasteiger partial charge is 0.330 e. The number of carbonyl (C=O) groups excluding carboxylic acids is 4. The normalized spacial score (nSPS) is 11.3. The van der Waals surface area contributed by atoms with Crippen LogP contribution in [0.3, 0.4) is 0 Å². The average Bonchev–Trinajstić information content (AvgIpc) is 2.59. The number of ether oxygens (including phenoxy) is 2. The molecule has 0 unspecified atom stereocenters. The molecule has 0 fully saturated rings. The molecular formula is C18H24N2O6. The average molecular weight is 364 g/mol. The molecule has 0 aliphatic rings. The van der Waals surface area contributed by atoms with Gasteiger partial charge < -0.3 is 20.1 Å². The predicted octanol–water partition coefficient (Wildman–Crippen LogP) is 1.05. The van der Waals surface area contributed by atoms with Crippen LogP contribution >= 0.6 is 0 Å². The van der Waals surface area contributed by atoms with Crippen molar-refractivity contribution in [2.24, 2.45) is 0 Å². The van der Waals surface area contributed by atoms with Crippen molar-refractivity contribution in [1.82, 2.24) is 10.6 Å². The molecule has 0 radical (unpaired) electrons. The molecular weight excluding hydrogens is 340 g/mol. The number of methoxy groups -OCH3 is 2. The lowest BCUT2D eigenvalue weighted by atomic mass is 10.0. The molecule has 8 nitrogen and oxygen atoms in total. The highest BCUT2D eigenvalue weighted by Crippen LogP contribution is 2.11. The molecule has 26 heavy (non-hydrogen) atoms. The number of amides is 2.